The maximum atomic E-state index is 12.1. The molecule has 0 spiro atoms. The first kappa shape index (κ1) is 15.9. The third-order valence-corrected chi connectivity index (χ3v) is 3.35. The van der Waals surface area contributed by atoms with Gasteiger partial charge in [0, 0.05) is 0 Å². The van der Waals surface area contributed by atoms with Crippen molar-refractivity contribution in [2.24, 2.45) is 0 Å². The summed E-state index contributed by atoms with van der Waals surface area (Å²) >= 11 is 0. The van der Waals surface area contributed by atoms with Gasteiger partial charge in [0.1, 0.15) is 0 Å². The minimum absolute atomic E-state index is 0.0256. The van der Waals surface area contributed by atoms with Crippen molar-refractivity contribution in [2.75, 3.05) is 0 Å². The number of hydrogen-bond acceptors (Lipinski definition) is 2. The Morgan fingerprint density at radius 1 is 0.792 bits per heavy atom. The van der Waals surface area contributed by atoms with Gasteiger partial charge in [-0.2, -0.15) is 13.2 Å². The second-order valence-corrected chi connectivity index (χ2v) is 4.97. The van der Waals surface area contributed by atoms with Crippen LogP contribution in [0.15, 0.2) is 77.4 Å². The number of nitrogens with one attached hydrogen (secondary N) is 1. The van der Waals surface area contributed by atoms with Gasteiger partial charge in [-0.05, 0) is 17.2 Å². The van der Waals surface area contributed by atoms with E-state index in [2.05, 4.69) is 58.0 Å². The lowest BCUT2D eigenvalue weighted by Gasteiger charge is -2.00. The molecule has 0 amide bonds. The highest BCUT2D eigenvalue weighted by molar-refractivity contribution is 5.76. The molecule has 0 fully saturated rings. The molecule has 2 aromatic carbocycles. The van der Waals surface area contributed by atoms with E-state index in [0.29, 0.717) is 0 Å². The van der Waals surface area contributed by atoms with Gasteiger partial charge in [-0.15, -0.1) is 5.10 Å². The maximum absolute atomic E-state index is 12.1. The number of benzene rings is 2. The van der Waals surface area contributed by atoms with E-state index in [0.717, 1.165) is 0 Å². The molecular weight excluding hydrogens is 317 g/mol. The van der Waals surface area contributed by atoms with Gasteiger partial charge in [0.2, 0.25) is 5.71 Å². The third-order valence-electron chi connectivity index (χ3n) is 3.35. The summed E-state index contributed by atoms with van der Waals surface area (Å²) in [5.74, 6) is 0. The molecule has 0 atom stereocenters. The summed E-state index contributed by atoms with van der Waals surface area (Å²) in [5.41, 5.74) is 1.66. The highest BCUT2D eigenvalue weighted by atomic mass is 19.4. The molecule has 2 aromatic heterocycles. The van der Waals surface area contributed by atoms with Crippen LogP contribution in [-0.4, -0.2) is 10.2 Å². The number of fused-ring (bicyclic) bond motifs is 1. The Hall–Kier alpha value is -3.02. The molecule has 1 N–H and O–H groups in total. The van der Waals surface area contributed by atoms with E-state index >= 15 is 0 Å². The van der Waals surface area contributed by atoms with Crippen LogP contribution in [0.1, 0.15) is 5.69 Å². The van der Waals surface area contributed by atoms with Crippen LogP contribution in [0.5, 0.6) is 0 Å². The number of furan rings is 1. The van der Waals surface area contributed by atoms with Crippen LogP contribution in [0.2, 0.25) is 0 Å². The molecule has 0 saturated heterocycles. The molecule has 0 aliphatic rings. The zero-order valence-electron chi connectivity index (χ0n) is 12.4. The van der Waals surface area contributed by atoms with Crippen molar-refractivity contribution in [3.05, 3.63) is 78.7 Å². The number of H-pyrrole nitrogens is 1. The van der Waals surface area contributed by atoms with E-state index in [4.69, 9.17) is 0 Å². The van der Waals surface area contributed by atoms with E-state index in [-0.39, 0.29) is 11.1 Å². The molecule has 122 valence electrons. The second kappa shape index (κ2) is 6.62. The van der Waals surface area contributed by atoms with E-state index in [9.17, 15) is 13.2 Å². The average Bonchev–Trinajstić information content (AvgIpc) is 3.19. The van der Waals surface area contributed by atoms with Crippen LogP contribution >= 0.6 is 0 Å². The lowest BCUT2D eigenvalue weighted by Crippen LogP contribution is -2.05. The van der Waals surface area contributed by atoms with Gasteiger partial charge in [-0.25, -0.2) is 0 Å². The van der Waals surface area contributed by atoms with Gasteiger partial charge in [0.25, 0.3) is 0 Å². The Bertz CT molecular complexity index is 859. The lowest BCUT2D eigenvalue weighted by atomic mass is 10.1. The number of rotatable bonds is 1. The molecule has 0 bridgehead atoms. The van der Waals surface area contributed by atoms with Crippen LogP contribution in [-0.2, 0) is 6.18 Å². The Morgan fingerprint density at radius 2 is 1.33 bits per heavy atom. The maximum Gasteiger partial charge on any atom is 0.433 e. The second-order valence-electron chi connectivity index (χ2n) is 4.97. The number of nitrogens with zero attached hydrogens (tertiary/aromatic N) is 1. The van der Waals surface area contributed by atoms with Gasteiger partial charge < -0.3 is 4.42 Å². The van der Waals surface area contributed by atoms with Gasteiger partial charge in [-0.1, -0.05) is 60.7 Å². The summed E-state index contributed by atoms with van der Waals surface area (Å²) in [5, 5.41) is 5.16. The van der Waals surface area contributed by atoms with Crippen molar-refractivity contribution in [1.82, 2.24) is 10.2 Å². The Morgan fingerprint density at radius 3 is 1.83 bits per heavy atom. The number of alkyl halides is 3. The van der Waals surface area contributed by atoms with Crippen LogP contribution in [0.4, 0.5) is 13.2 Å². The first-order valence-corrected chi connectivity index (χ1v) is 7.15. The molecule has 4 aromatic rings. The zero-order chi connectivity index (χ0) is 17.0. The van der Waals surface area contributed by atoms with Crippen LogP contribution < -0.4 is 0 Å². The van der Waals surface area contributed by atoms with Crippen molar-refractivity contribution in [1.29, 1.82) is 0 Å². The summed E-state index contributed by atoms with van der Waals surface area (Å²) in [6, 6.07) is 22.0. The largest absolute Gasteiger partial charge is 0.445 e. The number of aromatic nitrogens is 2. The van der Waals surface area contributed by atoms with Crippen molar-refractivity contribution in [2.45, 2.75) is 6.18 Å². The number of hydrogen-bond donors (Lipinski definition) is 1. The van der Waals surface area contributed by atoms with Crippen LogP contribution in [0, 0.1) is 0 Å². The average molecular weight is 330 g/mol. The fraction of sp³-hybridized carbons (Fsp3) is 0.0556. The zero-order valence-corrected chi connectivity index (χ0v) is 12.4. The van der Waals surface area contributed by atoms with Crippen molar-refractivity contribution < 1.29 is 17.6 Å². The fourth-order valence-electron chi connectivity index (χ4n) is 2.22. The van der Waals surface area contributed by atoms with E-state index < -0.39 is 11.9 Å². The molecule has 0 radical (unpaired) electrons. The molecule has 0 aliphatic heterocycles. The first-order valence-electron chi connectivity index (χ1n) is 7.15. The lowest BCUT2D eigenvalue weighted by molar-refractivity contribution is -0.139. The molecular formula is C18H13F3N2O. The standard InChI is InChI=1S/C12H10.C6H3F3N2O/c1-3-7-11(8-4-1)12-9-5-2-6-10-12;7-6(8,9)4-3-1-2-12-5(3)11-10-4/h1-10H;1-2H,(H,10,11). The van der Waals surface area contributed by atoms with E-state index in [1.807, 2.05) is 17.2 Å². The minimum Gasteiger partial charge on any atom is -0.445 e. The number of halogens is 3. The first-order chi connectivity index (χ1) is 11.6. The van der Waals surface area contributed by atoms with Crippen LogP contribution in [0.3, 0.4) is 0 Å². The van der Waals surface area contributed by atoms with Crippen molar-refractivity contribution in [3.8, 4) is 11.1 Å². The molecule has 4 rings (SSSR count). The van der Waals surface area contributed by atoms with Crippen molar-refractivity contribution in [3.63, 3.8) is 0 Å². The predicted molar refractivity (Wildman–Crippen MR) is 85.2 cm³/mol. The Kier molecular flexibility index (Phi) is 4.37. The van der Waals surface area contributed by atoms with Gasteiger partial charge >= 0.3 is 6.18 Å². The minimum atomic E-state index is -4.40. The van der Waals surface area contributed by atoms with Gasteiger partial charge in [0.05, 0.1) is 11.6 Å². The summed E-state index contributed by atoms with van der Waals surface area (Å²) < 4.78 is 41.0. The molecule has 2 heterocycles. The van der Waals surface area contributed by atoms with Crippen molar-refractivity contribution >= 4 is 11.1 Å². The highest BCUT2D eigenvalue weighted by Gasteiger charge is 2.35. The summed E-state index contributed by atoms with van der Waals surface area (Å²) in [4.78, 5) is 0. The summed E-state index contributed by atoms with van der Waals surface area (Å²) in [7, 11) is 0. The fourth-order valence-corrected chi connectivity index (χ4v) is 2.22. The van der Waals surface area contributed by atoms with E-state index in [1.54, 1.807) is 0 Å². The SMILES string of the molecule is FC(F)(F)c1[nH]nc2occc12.c1ccc(-c2ccccc2)cc1. The quantitative estimate of drug-likeness (QED) is 0.499. The molecule has 24 heavy (non-hydrogen) atoms. The number of aromatic amines is 1. The summed E-state index contributed by atoms with van der Waals surface area (Å²) in [6.45, 7) is 0. The van der Waals surface area contributed by atoms with Gasteiger partial charge in [-0.3, -0.25) is 5.10 Å². The normalized spacial score (nSPS) is 11.1. The topological polar surface area (TPSA) is 41.8 Å². The Balaban J connectivity index is 0.000000141. The van der Waals surface area contributed by atoms with Crippen LogP contribution in [0.25, 0.3) is 22.2 Å². The molecule has 3 nitrogen and oxygen atoms in total. The monoisotopic (exact) mass is 330 g/mol. The molecule has 0 saturated carbocycles. The smallest absolute Gasteiger partial charge is 0.433 e. The summed E-state index contributed by atoms with van der Waals surface area (Å²) in [6.07, 6.45) is -3.24. The molecule has 0 aliphatic carbocycles. The third kappa shape index (κ3) is 3.48. The Labute approximate surface area is 135 Å². The van der Waals surface area contributed by atoms with E-state index in [1.165, 1.54) is 23.5 Å². The highest BCUT2D eigenvalue weighted by Crippen LogP contribution is 2.32. The van der Waals surface area contributed by atoms with Gasteiger partial charge in [0.15, 0.2) is 5.69 Å². The molecule has 6 heteroatoms. The molecule has 0 unspecified atom stereocenters. The predicted octanol–water partition coefficient (Wildman–Crippen LogP) is 5.53.